The number of hydrogen-bond donors (Lipinski definition) is 3. The van der Waals surface area contributed by atoms with Crippen LogP contribution >= 0.6 is 15.6 Å². The number of carbonyl (C=O) groups is 4. The predicted molar refractivity (Wildman–Crippen MR) is 335 cm³/mol. The van der Waals surface area contributed by atoms with Gasteiger partial charge in [0, 0.05) is 25.7 Å². The summed E-state index contributed by atoms with van der Waals surface area (Å²) >= 11 is 0. The number of aliphatic hydroxyl groups is 1. The number of unbranched alkanes of at least 4 members (excludes halogenated alkanes) is 40. The van der Waals surface area contributed by atoms with Gasteiger partial charge in [0.25, 0.3) is 0 Å². The molecule has 84 heavy (non-hydrogen) atoms. The molecule has 0 spiro atoms. The van der Waals surface area contributed by atoms with Crippen molar-refractivity contribution in [3.63, 3.8) is 0 Å². The van der Waals surface area contributed by atoms with Crippen LogP contribution in [0.5, 0.6) is 0 Å². The minimum atomic E-state index is -4.94. The average molecular weight is 1240 g/mol. The molecule has 0 radical (unpaired) electrons. The van der Waals surface area contributed by atoms with Crippen molar-refractivity contribution in [2.75, 3.05) is 39.6 Å². The molecule has 498 valence electrons. The molecular formula is C65H126O17P2. The summed E-state index contributed by atoms with van der Waals surface area (Å²) < 4.78 is 67.9. The van der Waals surface area contributed by atoms with Crippen molar-refractivity contribution in [1.82, 2.24) is 0 Å². The van der Waals surface area contributed by atoms with Crippen LogP contribution in [0.15, 0.2) is 0 Å². The Balaban J connectivity index is 5.15. The Morgan fingerprint density at radius 3 is 0.702 bits per heavy atom. The minimum absolute atomic E-state index is 0.105. The van der Waals surface area contributed by atoms with E-state index in [2.05, 4.69) is 27.7 Å². The summed E-state index contributed by atoms with van der Waals surface area (Å²) in [5.41, 5.74) is 0. The Morgan fingerprint density at radius 1 is 0.286 bits per heavy atom. The van der Waals surface area contributed by atoms with Crippen LogP contribution in [0, 0.1) is 0 Å². The van der Waals surface area contributed by atoms with Gasteiger partial charge in [-0.15, -0.1) is 0 Å². The summed E-state index contributed by atoms with van der Waals surface area (Å²) in [5, 5.41) is 10.5. The smallest absolute Gasteiger partial charge is 0.462 e. The zero-order valence-electron chi connectivity index (χ0n) is 53.9. The van der Waals surface area contributed by atoms with E-state index in [0.29, 0.717) is 25.7 Å². The molecule has 0 bridgehead atoms. The number of carbonyl (C=O) groups excluding carboxylic acids is 4. The Kier molecular flexibility index (Phi) is 58.6. The third kappa shape index (κ3) is 59.0. The van der Waals surface area contributed by atoms with Gasteiger partial charge in [-0.1, -0.05) is 285 Å². The molecule has 0 aliphatic rings. The van der Waals surface area contributed by atoms with E-state index in [1.165, 1.54) is 154 Å². The van der Waals surface area contributed by atoms with Crippen LogP contribution in [0.4, 0.5) is 0 Å². The number of phosphoric acid groups is 2. The fourth-order valence-corrected chi connectivity index (χ4v) is 11.4. The molecule has 3 N–H and O–H groups in total. The van der Waals surface area contributed by atoms with Crippen molar-refractivity contribution >= 4 is 39.5 Å². The van der Waals surface area contributed by atoms with E-state index >= 15 is 0 Å². The lowest BCUT2D eigenvalue weighted by Crippen LogP contribution is -2.30. The Morgan fingerprint density at radius 2 is 0.476 bits per heavy atom. The average Bonchev–Trinajstić information content (AvgIpc) is 3.54. The number of phosphoric ester groups is 2. The van der Waals surface area contributed by atoms with Crippen LogP contribution in [0.1, 0.15) is 336 Å². The second kappa shape index (κ2) is 60.0. The number of aliphatic hydroxyl groups excluding tert-OH is 1. The molecule has 5 atom stereocenters. The predicted octanol–water partition coefficient (Wildman–Crippen LogP) is 18.3. The van der Waals surface area contributed by atoms with Crippen molar-refractivity contribution in [1.29, 1.82) is 0 Å². The highest BCUT2D eigenvalue weighted by Crippen LogP contribution is 2.45. The fourth-order valence-electron chi connectivity index (χ4n) is 9.81. The number of rotatable bonds is 66. The van der Waals surface area contributed by atoms with Crippen LogP contribution in [-0.4, -0.2) is 96.7 Å². The third-order valence-corrected chi connectivity index (χ3v) is 17.0. The maximum Gasteiger partial charge on any atom is 0.472 e. The van der Waals surface area contributed by atoms with Gasteiger partial charge in [-0.05, 0) is 25.7 Å². The number of hydrogen-bond acceptors (Lipinski definition) is 15. The second-order valence-corrected chi connectivity index (χ2v) is 26.4. The quantitative estimate of drug-likeness (QED) is 0.0222. The van der Waals surface area contributed by atoms with E-state index in [1.807, 2.05) is 0 Å². The summed E-state index contributed by atoms with van der Waals surface area (Å²) in [5.74, 6) is -2.13. The van der Waals surface area contributed by atoms with Crippen molar-refractivity contribution in [2.45, 2.75) is 354 Å². The van der Waals surface area contributed by atoms with Crippen molar-refractivity contribution < 1.29 is 80.2 Å². The molecule has 0 aromatic rings. The lowest BCUT2D eigenvalue weighted by molar-refractivity contribution is -0.161. The lowest BCUT2D eigenvalue weighted by atomic mass is 10.0. The molecule has 17 nitrogen and oxygen atoms in total. The van der Waals surface area contributed by atoms with Gasteiger partial charge in [0.05, 0.1) is 26.4 Å². The molecular weight excluding hydrogens is 1110 g/mol. The Labute approximate surface area is 511 Å². The van der Waals surface area contributed by atoms with Crippen LogP contribution in [0.3, 0.4) is 0 Å². The summed E-state index contributed by atoms with van der Waals surface area (Å²) in [4.78, 5) is 72.1. The van der Waals surface area contributed by atoms with E-state index < -0.39 is 97.5 Å². The first-order valence-corrected chi connectivity index (χ1v) is 37.3. The Bertz CT molecular complexity index is 1620. The first-order valence-electron chi connectivity index (χ1n) is 34.3. The topological polar surface area (TPSA) is 237 Å². The van der Waals surface area contributed by atoms with Gasteiger partial charge < -0.3 is 33.8 Å². The first-order chi connectivity index (χ1) is 40.7. The maximum absolute atomic E-state index is 13.0. The highest BCUT2D eigenvalue weighted by molar-refractivity contribution is 7.47. The summed E-state index contributed by atoms with van der Waals surface area (Å²) in [6.45, 7) is 4.84. The number of ether oxygens (including phenoxy) is 4. The SMILES string of the molecule is CCCCCCCCCCCCCCCCCCCCC(=O)O[C@H](COC(=O)CCCCCCCCCCCC)COP(=O)(O)OC[C@@H](O)COP(=O)(O)OC[C@@H](COC(=O)CCCCCCCCCC)OC(=O)CCCCCCCCCC. The highest BCUT2D eigenvalue weighted by Gasteiger charge is 2.30. The van der Waals surface area contributed by atoms with Gasteiger partial charge in [-0.2, -0.15) is 0 Å². The summed E-state index contributed by atoms with van der Waals surface area (Å²) in [6.07, 6.45) is 46.0. The van der Waals surface area contributed by atoms with Crippen LogP contribution in [0.2, 0.25) is 0 Å². The van der Waals surface area contributed by atoms with Gasteiger partial charge in [0.15, 0.2) is 12.2 Å². The van der Waals surface area contributed by atoms with Crippen molar-refractivity contribution in [3.8, 4) is 0 Å². The van der Waals surface area contributed by atoms with Gasteiger partial charge in [0.1, 0.15) is 19.3 Å². The normalized spacial score (nSPS) is 14.1. The van der Waals surface area contributed by atoms with Crippen molar-refractivity contribution in [2.24, 2.45) is 0 Å². The minimum Gasteiger partial charge on any atom is -0.462 e. The van der Waals surface area contributed by atoms with Gasteiger partial charge in [-0.25, -0.2) is 9.13 Å². The molecule has 0 heterocycles. The van der Waals surface area contributed by atoms with Crippen LogP contribution < -0.4 is 0 Å². The molecule has 0 amide bonds. The molecule has 2 unspecified atom stereocenters. The molecule has 0 saturated heterocycles. The number of esters is 4. The van der Waals surface area contributed by atoms with E-state index in [4.69, 9.17) is 37.0 Å². The van der Waals surface area contributed by atoms with E-state index in [0.717, 1.165) is 103 Å². The molecule has 0 aliphatic heterocycles. The zero-order chi connectivity index (χ0) is 61.9. The summed E-state index contributed by atoms with van der Waals surface area (Å²) in [7, 11) is -9.88. The summed E-state index contributed by atoms with van der Waals surface area (Å²) in [6, 6.07) is 0. The highest BCUT2D eigenvalue weighted by atomic mass is 31.2. The zero-order valence-corrected chi connectivity index (χ0v) is 55.7. The molecule has 0 aromatic heterocycles. The molecule has 0 rings (SSSR count). The second-order valence-electron chi connectivity index (χ2n) is 23.5. The van der Waals surface area contributed by atoms with E-state index in [9.17, 15) is 43.2 Å². The first kappa shape index (κ1) is 82.1. The monoisotopic (exact) mass is 1240 g/mol. The molecule has 0 aromatic carbocycles. The van der Waals surface area contributed by atoms with Gasteiger partial charge in [0.2, 0.25) is 0 Å². The van der Waals surface area contributed by atoms with Gasteiger partial charge >= 0.3 is 39.5 Å². The van der Waals surface area contributed by atoms with Crippen LogP contribution in [-0.2, 0) is 65.4 Å². The lowest BCUT2D eigenvalue weighted by Gasteiger charge is -2.21. The molecule has 19 heteroatoms. The van der Waals surface area contributed by atoms with E-state index in [-0.39, 0.29) is 25.7 Å². The third-order valence-electron chi connectivity index (χ3n) is 15.1. The molecule has 0 fully saturated rings. The van der Waals surface area contributed by atoms with Crippen LogP contribution in [0.25, 0.3) is 0 Å². The standard InChI is InChI=1S/C65H126O17P2/c1-5-9-13-17-21-25-27-28-29-30-31-32-33-34-36-40-44-48-52-65(70)82-61(56-76-63(68)50-46-42-39-35-26-22-18-14-10-6-2)58-80-84(73,74)78-54-59(66)53-77-83(71,72)79-57-60(81-64(69)51-47-43-38-24-20-16-12-8-4)55-75-62(67)49-45-41-37-23-19-15-11-7-3/h59-61,66H,5-58H2,1-4H3,(H,71,72)(H,73,74)/t59-,60+,61+/m0/s1. The maximum atomic E-state index is 13.0. The fraction of sp³-hybridized carbons (Fsp3) is 0.938. The van der Waals surface area contributed by atoms with Crippen molar-refractivity contribution in [3.05, 3.63) is 0 Å². The van der Waals surface area contributed by atoms with Gasteiger partial charge in [-0.3, -0.25) is 37.3 Å². The molecule has 0 saturated carbocycles. The largest absolute Gasteiger partial charge is 0.472 e. The molecule has 0 aliphatic carbocycles. The van der Waals surface area contributed by atoms with E-state index in [1.54, 1.807) is 0 Å². The Hall–Kier alpha value is -1.94.